The molecule has 3 N–H and O–H groups in total. The Balaban J connectivity index is 3.16. The van der Waals surface area contributed by atoms with Crippen LogP contribution in [0.25, 0.3) is 0 Å². The topological polar surface area (TPSA) is 103 Å². The van der Waals surface area contributed by atoms with Crippen LogP contribution in [0, 0.1) is 0 Å². The molecule has 17 heavy (non-hydrogen) atoms. The van der Waals surface area contributed by atoms with E-state index in [1.54, 1.807) is 0 Å². The molecular formula is C9H15N3O4S. The molecule has 0 aliphatic carbocycles. The molecule has 1 aromatic rings. The zero-order valence-electron chi connectivity index (χ0n) is 9.63. The molecule has 1 heterocycles. The first-order valence-electron chi connectivity index (χ1n) is 4.84. The number of carbonyl (C=O) groups excluding carboxylic acids is 1. The lowest BCUT2D eigenvalue weighted by Gasteiger charge is -2.06. The minimum atomic E-state index is -3.81. The highest BCUT2D eigenvalue weighted by atomic mass is 32.2. The number of nitrogens with one attached hydrogen (secondary N) is 1. The van der Waals surface area contributed by atoms with Crippen molar-refractivity contribution in [2.24, 2.45) is 5.14 Å². The Labute approximate surface area is 99.6 Å². The standard InChI is InChI=1S/C9H15N3O4S/c1-11-9(13)8-5-7(17(10,14)15)6-12(8)3-4-16-2/h5-6H,3-4H2,1-2H3,(H,11,13)(H2,10,14,15). The largest absolute Gasteiger partial charge is 0.383 e. The van der Waals surface area contributed by atoms with Crippen LogP contribution in [0.2, 0.25) is 0 Å². The summed E-state index contributed by atoms with van der Waals surface area (Å²) in [5.41, 5.74) is 0.230. The van der Waals surface area contributed by atoms with Gasteiger partial charge in [0.2, 0.25) is 10.0 Å². The summed E-state index contributed by atoms with van der Waals surface area (Å²) in [6, 6.07) is 1.24. The first kappa shape index (κ1) is 13.7. The van der Waals surface area contributed by atoms with Crippen LogP contribution < -0.4 is 10.5 Å². The number of methoxy groups -OCH3 is 1. The van der Waals surface area contributed by atoms with Gasteiger partial charge in [0.25, 0.3) is 5.91 Å². The van der Waals surface area contributed by atoms with E-state index in [1.807, 2.05) is 0 Å². The van der Waals surface area contributed by atoms with Crippen molar-refractivity contribution in [2.45, 2.75) is 11.4 Å². The van der Waals surface area contributed by atoms with Gasteiger partial charge in [-0.1, -0.05) is 0 Å². The van der Waals surface area contributed by atoms with Crippen molar-refractivity contribution >= 4 is 15.9 Å². The average Bonchev–Trinajstić information content (AvgIpc) is 2.68. The summed E-state index contributed by atoms with van der Waals surface area (Å²) in [6.07, 6.45) is 1.32. The Morgan fingerprint density at radius 2 is 2.24 bits per heavy atom. The van der Waals surface area contributed by atoms with Gasteiger partial charge in [0, 0.05) is 26.9 Å². The number of rotatable bonds is 5. The number of nitrogens with zero attached hydrogens (tertiary/aromatic N) is 1. The minimum Gasteiger partial charge on any atom is -0.383 e. The summed E-state index contributed by atoms with van der Waals surface area (Å²) >= 11 is 0. The number of sulfonamides is 1. The molecule has 0 aliphatic heterocycles. The first-order chi connectivity index (χ1) is 7.90. The molecule has 0 unspecified atom stereocenters. The van der Waals surface area contributed by atoms with Gasteiger partial charge in [-0.3, -0.25) is 4.79 Å². The predicted octanol–water partition coefficient (Wildman–Crippen LogP) is -0.858. The fourth-order valence-electron chi connectivity index (χ4n) is 1.33. The van der Waals surface area contributed by atoms with Crippen molar-refractivity contribution in [3.63, 3.8) is 0 Å². The molecule has 0 atom stereocenters. The molecule has 8 heteroatoms. The van der Waals surface area contributed by atoms with E-state index in [0.717, 1.165) is 0 Å². The molecule has 0 radical (unpaired) electrons. The van der Waals surface area contributed by atoms with Crippen molar-refractivity contribution in [2.75, 3.05) is 20.8 Å². The van der Waals surface area contributed by atoms with Crippen molar-refractivity contribution < 1.29 is 17.9 Å². The van der Waals surface area contributed by atoms with Gasteiger partial charge in [0.05, 0.1) is 6.61 Å². The molecule has 1 aromatic heterocycles. The van der Waals surface area contributed by atoms with E-state index in [-0.39, 0.29) is 16.5 Å². The summed E-state index contributed by atoms with van der Waals surface area (Å²) in [5, 5.41) is 7.43. The lowest BCUT2D eigenvalue weighted by atomic mass is 10.4. The summed E-state index contributed by atoms with van der Waals surface area (Å²) in [6.45, 7) is 0.734. The fraction of sp³-hybridized carbons (Fsp3) is 0.444. The number of ether oxygens (including phenoxy) is 1. The second-order valence-electron chi connectivity index (χ2n) is 3.37. The monoisotopic (exact) mass is 261 g/mol. The molecule has 0 saturated heterocycles. The van der Waals surface area contributed by atoms with Crippen molar-refractivity contribution in [3.8, 4) is 0 Å². The molecular weight excluding hydrogens is 246 g/mol. The van der Waals surface area contributed by atoms with Crippen LogP contribution in [0.1, 0.15) is 10.5 Å². The Morgan fingerprint density at radius 1 is 1.59 bits per heavy atom. The summed E-state index contributed by atoms with van der Waals surface area (Å²) < 4.78 is 28.7. The zero-order valence-corrected chi connectivity index (χ0v) is 10.5. The van der Waals surface area contributed by atoms with E-state index in [0.29, 0.717) is 13.2 Å². The Bertz CT molecular complexity index is 506. The molecule has 0 saturated carbocycles. The van der Waals surface area contributed by atoms with Crippen molar-refractivity contribution in [3.05, 3.63) is 18.0 Å². The van der Waals surface area contributed by atoms with Crippen LogP contribution in [0.4, 0.5) is 0 Å². The highest BCUT2D eigenvalue weighted by Crippen LogP contribution is 2.13. The van der Waals surface area contributed by atoms with E-state index < -0.39 is 10.0 Å². The maximum Gasteiger partial charge on any atom is 0.267 e. The van der Waals surface area contributed by atoms with Gasteiger partial charge in [0.15, 0.2) is 0 Å². The third kappa shape index (κ3) is 3.29. The van der Waals surface area contributed by atoms with Crippen LogP contribution in [0.3, 0.4) is 0 Å². The van der Waals surface area contributed by atoms with E-state index in [9.17, 15) is 13.2 Å². The fourth-order valence-corrected chi connectivity index (χ4v) is 1.88. The minimum absolute atomic E-state index is 0.0906. The first-order valence-corrected chi connectivity index (χ1v) is 6.38. The van der Waals surface area contributed by atoms with E-state index in [2.05, 4.69) is 5.32 Å². The molecule has 0 fully saturated rings. The number of carbonyl (C=O) groups is 1. The SMILES string of the molecule is CNC(=O)c1cc(S(N)(=O)=O)cn1CCOC. The number of primary sulfonamides is 1. The van der Waals surface area contributed by atoms with Crippen LogP contribution >= 0.6 is 0 Å². The summed E-state index contributed by atoms with van der Waals surface area (Å²) in [4.78, 5) is 11.4. The Hall–Kier alpha value is -1.38. The third-order valence-electron chi connectivity index (χ3n) is 2.20. The maximum atomic E-state index is 11.5. The number of amides is 1. The van der Waals surface area contributed by atoms with Crippen LogP contribution in [-0.2, 0) is 21.3 Å². The second-order valence-corrected chi connectivity index (χ2v) is 4.93. The number of hydrogen-bond donors (Lipinski definition) is 2. The predicted molar refractivity (Wildman–Crippen MR) is 61.1 cm³/mol. The Morgan fingerprint density at radius 3 is 2.71 bits per heavy atom. The average molecular weight is 261 g/mol. The van der Waals surface area contributed by atoms with Gasteiger partial charge in [-0.25, -0.2) is 13.6 Å². The molecule has 96 valence electrons. The van der Waals surface area contributed by atoms with E-state index in [1.165, 1.54) is 31.0 Å². The van der Waals surface area contributed by atoms with Gasteiger partial charge >= 0.3 is 0 Å². The smallest absolute Gasteiger partial charge is 0.267 e. The molecule has 1 amide bonds. The Kier molecular flexibility index (Phi) is 4.27. The van der Waals surface area contributed by atoms with Crippen LogP contribution in [0.15, 0.2) is 17.2 Å². The zero-order chi connectivity index (χ0) is 13.1. The van der Waals surface area contributed by atoms with Crippen LogP contribution in [-0.4, -0.2) is 39.7 Å². The van der Waals surface area contributed by atoms with E-state index in [4.69, 9.17) is 9.88 Å². The summed E-state index contributed by atoms with van der Waals surface area (Å²) in [5.74, 6) is -0.379. The van der Waals surface area contributed by atoms with Crippen LogP contribution in [0.5, 0.6) is 0 Å². The molecule has 0 aliphatic rings. The number of nitrogens with two attached hydrogens (primary N) is 1. The number of hydrogen-bond acceptors (Lipinski definition) is 4. The van der Waals surface area contributed by atoms with Gasteiger partial charge in [-0.15, -0.1) is 0 Å². The quantitative estimate of drug-likeness (QED) is 0.719. The van der Waals surface area contributed by atoms with Gasteiger partial charge in [-0.2, -0.15) is 0 Å². The van der Waals surface area contributed by atoms with Gasteiger partial charge in [0.1, 0.15) is 10.6 Å². The summed E-state index contributed by atoms with van der Waals surface area (Å²) in [7, 11) is -0.831. The lowest BCUT2D eigenvalue weighted by Crippen LogP contribution is -2.22. The normalized spacial score (nSPS) is 11.5. The van der Waals surface area contributed by atoms with E-state index >= 15 is 0 Å². The van der Waals surface area contributed by atoms with Crippen molar-refractivity contribution in [1.82, 2.24) is 9.88 Å². The second kappa shape index (κ2) is 5.30. The lowest BCUT2D eigenvalue weighted by molar-refractivity contribution is 0.0951. The molecule has 1 rings (SSSR count). The molecule has 0 bridgehead atoms. The third-order valence-corrected chi connectivity index (χ3v) is 3.08. The highest BCUT2D eigenvalue weighted by Gasteiger charge is 2.17. The highest BCUT2D eigenvalue weighted by molar-refractivity contribution is 7.89. The molecule has 7 nitrogen and oxygen atoms in total. The number of aromatic nitrogens is 1. The van der Waals surface area contributed by atoms with Gasteiger partial charge < -0.3 is 14.6 Å². The molecule has 0 spiro atoms. The van der Waals surface area contributed by atoms with Crippen molar-refractivity contribution in [1.29, 1.82) is 0 Å². The maximum absolute atomic E-state index is 11.5. The molecule has 0 aromatic carbocycles. The van der Waals surface area contributed by atoms with Gasteiger partial charge in [-0.05, 0) is 6.07 Å².